The number of nitrogens with zero attached hydrogens (tertiary/aromatic N) is 4. The Bertz CT molecular complexity index is 371. The molecule has 1 aliphatic rings. The van der Waals surface area contributed by atoms with E-state index in [0.717, 1.165) is 43.6 Å². The zero-order valence-electron chi connectivity index (χ0n) is 11.3. The van der Waals surface area contributed by atoms with Crippen LogP contribution in [0.25, 0.3) is 0 Å². The lowest BCUT2D eigenvalue weighted by Gasteiger charge is -2.36. The molecule has 2 heterocycles. The summed E-state index contributed by atoms with van der Waals surface area (Å²) in [4.78, 5) is 13.5. The largest absolute Gasteiger partial charge is 0.353 e. The molecule has 0 spiro atoms. The van der Waals surface area contributed by atoms with Crippen molar-refractivity contribution in [2.75, 3.05) is 37.6 Å². The Morgan fingerprint density at radius 3 is 2.44 bits per heavy atom. The third kappa shape index (κ3) is 3.17. The van der Waals surface area contributed by atoms with Crippen LogP contribution in [0.1, 0.15) is 19.5 Å². The van der Waals surface area contributed by atoms with Crippen LogP contribution in [-0.2, 0) is 6.54 Å². The number of hydrogen-bond acceptors (Lipinski definition) is 5. The van der Waals surface area contributed by atoms with Crippen molar-refractivity contribution in [3.05, 3.63) is 18.1 Å². The zero-order chi connectivity index (χ0) is 13.0. The monoisotopic (exact) mass is 249 g/mol. The van der Waals surface area contributed by atoms with E-state index in [0.29, 0.717) is 6.54 Å². The highest BCUT2D eigenvalue weighted by Crippen LogP contribution is 2.16. The molecule has 100 valence electrons. The second-order valence-corrected chi connectivity index (χ2v) is 5.21. The van der Waals surface area contributed by atoms with Crippen LogP contribution >= 0.6 is 0 Å². The van der Waals surface area contributed by atoms with Crippen molar-refractivity contribution in [2.45, 2.75) is 20.4 Å². The van der Waals surface area contributed by atoms with Gasteiger partial charge in [0.25, 0.3) is 0 Å². The van der Waals surface area contributed by atoms with Crippen molar-refractivity contribution >= 4 is 5.82 Å². The van der Waals surface area contributed by atoms with Gasteiger partial charge in [-0.1, -0.05) is 13.8 Å². The first kappa shape index (κ1) is 13.2. The van der Waals surface area contributed by atoms with Crippen molar-refractivity contribution < 1.29 is 0 Å². The maximum Gasteiger partial charge on any atom is 0.151 e. The maximum absolute atomic E-state index is 5.71. The molecule has 5 heteroatoms. The summed E-state index contributed by atoms with van der Waals surface area (Å²) in [5.41, 5.74) is 6.61. The molecular weight excluding hydrogens is 226 g/mol. The normalized spacial score (nSPS) is 17.4. The Kier molecular flexibility index (Phi) is 4.49. The lowest BCUT2D eigenvalue weighted by Crippen LogP contribution is -2.48. The molecule has 0 amide bonds. The molecule has 0 aromatic carbocycles. The van der Waals surface area contributed by atoms with E-state index < -0.39 is 0 Å². The highest BCUT2D eigenvalue weighted by atomic mass is 15.3. The van der Waals surface area contributed by atoms with E-state index in [-0.39, 0.29) is 0 Å². The molecule has 0 unspecified atom stereocenters. The predicted octanol–water partition coefficient (Wildman–Crippen LogP) is 0.713. The molecular formula is C13H23N5. The molecule has 5 nitrogen and oxygen atoms in total. The van der Waals surface area contributed by atoms with Crippen LogP contribution in [0.5, 0.6) is 0 Å². The fraction of sp³-hybridized carbons (Fsp3) is 0.692. The molecule has 2 rings (SSSR count). The highest BCUT2D eigenvalue weighted by Gasteiger charge is 2.20. The standard InChI is InChI=1S/C13H23N5/c1-11(2)10-17-5-7-18(8-6-17)13-12(9-14)15-3-4-16-13/h3-4,11H,5-10,14H2,1-2H3. The van der Waals surface area contributed by atoms with Gasteiger partial charge in [0.15, 0.2) is 5.82 Å². The highest BCUT2D eigenvalue weighted by molar-refractivity contribution is 5.43. The van der Waals surface area contributed by atoms with E-state index in [2.05, 4.69) is 33.6 Å². The van der Waals surface area contributed by atoms with Crippen molar-refractivity contribution in [3.63, 3.8) is 0 Å². The van der Waals surface area contributed by atoms with Gasteiger partial charge in [-0.05, 0) is 5.92 Å². The number of nitrogens with two attached hydrogens (primary N) is 1. The Balaban J connectivity index is 1.97. The van der Waals surface area contributed by atoms with Gasteiger partial charge in [0.2, 0.25) is 0 Å². The van der Waals surface area contributed by atoms with Gasteiger partial charge in [-0.25, -0.2) is 4.98 Å². The summed E-state index contributed by atoms with van der Waals surface area (Å²) in [5, 5.41) is 0. The fourth-order valence-corrected chi connectivity index (χ4v) is 2.43. The summed E-state index contributed by atoms with van der Waals surface area (Å²) in [7, 11) is 0. The van der Waals surface area contributed by atoms with E-state index in [9.17, 15) is 0 Å². The first-order valence-electron chi connectivity index (χ1n) is 6.68. The summed E-state index contributed by atoms with van der Waals surface area (Å²) in [6.45, 7) is 10.4. The molecule has 2 N–H and O–H groups in total. The van der Waals surface area contributed by atoms with Crippen LogP contribution in [0, 0.1) is 5.92 Å². The molecule has 0 bridgehead atoms. The SMILES string of the molecule is CC(C)CN1CCN(c2nccnc2CN)CC1. The molecule has 0 aliphatic carbocycles. The third-order valence-corrected chi connectivity index (χ3v) is 3.24. The summed E-state index contributed by atoms with van der Waals surface area (Å²) >= 11 is 0. The van der Waals surface area contributed by atoms with E-state index >= 15 is 0 Å². The van der Waals surface area contributed by atoms with E-state index in [1.54, 1.807) is 12.4 Å². The van der Waals surface area contributed by atoms with Crippen LogP contribution in [0.15, 0.2) is 12.4 Å². The first-order valence-corrected chi connectivity index (χ1v) is 6.68. The fourth-order valence-electron chi connectivity index (χ4n) is 2.43. The molecule has 0 radical (unpaired) electrons. The van der Waals surface area contributed by atoms with Gasteiger partial charge < -0.3 is 10.6 Å². The van der Waals surface area contributed by atoms with Gasteiger partial charge >= 0.3 is 0 Å². The Labute approximate surface area is 109 Å². The van der Waals surface area contributed by atoms with Gasteiger partial charge in [0.1, 0.15) is 0 Å². The summed E-state index contributed by atoms with van der Waals surface area (Å²) in [6.07, 6.45) is 3.45. The van der Waals surface area contributed by atoms with E-state index in [1.165, 1.54) is 6.54 Å². The molecule has 18 heavy (non-hydrogen) atoms. The minimum absolute atomic E-state index is 0.454. The zero-order valence-corrected chi connectivity index (χ0v) is 11.3. The molecule has 1 saturated heterocycles. The van der Waals surface area contributed by atoms with Crippen molar-refractivity contribution in [1.29, 1.82) is 0 Å². The van der Waals surface area contributed by atoms with Crippen molar-refractivity contribution in [3.8, 4) is 0 Å². The number of hydrogen-bond donors (Lipinski definition) is 1. The molecule has 0 atom stereocenters. The lowest BCUT2D eigenvalue weighted by atomic mass is 10.2. The number of rotatable bonds is 4. The molecule has 0 saturated carbocycles. The van der Waals surface area contributed by atoms with Crippen molar-refractivity contribution in [1.82, 2.24) is 14.9 Å². The Hall–Kier alpha value is -1.20. The van der Waals surface area contributed by atoms with Gasteiger partial charge in [-0.2, -0.15) is 0 Å². The summed E-state index contributed by atoms with van der Waals surface area (Å²) < 4.78 is 0. The summed E-state index contributed by atoms with van der Waals surface area (Å²) in [6, 6.07) is 0. The van der Waals surface area contributed by atoms with Crippen molar-refractivity contribution in [2.24, 2.45) is 11.7 Å². The minimum atomic E-state index is 0.454. The average Bonchev–Trinajstić information content (AvgIpc) is 2.39. The number of anilines is 1. The Morgan fingerprint density at radius 1 is 1.17 bits per heavy atom. The quantitative estimate of drug-likeness (QED) is 0.852. The van der Waals surface area contributed by atoms with Crippen LogP contribution in [0.3, 0.4) is 0 Å². The maximum atomic E-state index is 5.71. The van der Waals surface area contributed by atoms with Gasteiger partial charge in [-0.3, -0.25) is 9.88 Å². The second kappa shape index (κ2) is 6.11. The topological polar surface area (TPSA) is 58.3 Å². The molecule has 1 aromatic heterocycles. The van der Waals surface area contributed by atoms with Crippen LogP contribution in [0.4, 0.5) is 5.82 Å². The van der Waals surface area contributed by atoms with Crippen LogP contribution in [-0.4, -0.2) is 47.6 Å². The predicted molar refractivity (Wildman–Crippen MR) is 73.4 cm³/mol. The summed E-state index contributed by atoms with van der Waals surface area (Å²) in [5.74, 6) is 1.69. The lowest BCUT2D eigenvalue weighted by molar-refractivity contribution is 0.230. The number of aromatic nitrogens is 2. The molecule has 1 aliphatic heterocycles. The Morgan fingerprint density at radius 2 is 1.83 bits per heavy atom. The van der Waals surface area contributed by atoms with E-state index in [4.69, 9.17) is 5.73 Å². The average molecular weight is 249 g/mol. The molecule has 1 aromatic rings. The second-order valence-electron chi connectivity index (χ2n) is 5.21. The minimum Gasteiger partial charge on any atom is -0.353 e. The number of piperazine rings is 1. The van der Waals surface area contributed by atoms with Crippen LogP contribution < -0.4 is 10.6 Å². The van der Waals surface area contributed by atoms with Gasteiger partial charge in [0.05, 0.1) is 5.69 Å². The van der Waals surface area contributed by atoms with E-state index in [1.807, 2.05) is 0 Å². The van der Waals surface area contributed by atoms with Gasteiger partial charge in [0, 0.05) is 51.7 Å². The molecule has 1 fully saturated rings. The smallest absolute Gasteiger partial charge is 0.151 e. The third-order valence-electron chi connectivity index (χ3n) is 3.24. The van der Waals surface area contributed by atoms with Gasteiger partial charge in [-0.15, -0.1) is 0 Å². The first-order chi connectivity index (χ1) is 8.70. The van der Waals surface area contributed by atoms with Crippen LogP contribution in [0.2, 0.25) is 0 Å².